The third-order valence-electron chi connectivity index (χ3n) is 9.45. The Labute approximate surface area is 278 Å². The molecule has 3 aromatic heterocycles. The number of hydrogen-bond donors (Lipinski definition) is 0. The number of fused-ring (bicyclic) bond motifs is 9. The molecule has 10 aromatic rings. The number of aromatic nitrogens is 1. The smallest absolute Gasteiger partial charge is 0.0992 e. The van der Waals surface area contributed by atoms with Gasteiger partial charge in [-0.05, 0) is 58.7 Å². The molecule has 0 aliphatic carbocycles. The molecule has 218 valence electrons. The predicted octanol–water partition coefficient (Wildman–Crippen LogP) is 12.7. The van der Waals surface area contributed by atoms with Crippen molar-refractivity contribution in [2.75, 3.05) is 0 Å². The molecule has 0 aliphatic heterocycles. The molecule has 3 heterocycles. The van der Waals surface area contributed by atoms with Crippen LogP contribution in [-0.2, 0) is 0 Å². The summed E-state index contributed by atoms with van der Waals surface area (Å²) in [7, 11) is 0. The third kappa shape index (κ3) is 3.82. The molecule has 0 saturated carbocycles. The van der Waals surface area contributed by atoms with Gasteiger partial charge in [-0.1, -0.05) is 109 Å². The summed E-state index contributed by atoms with van der Waals surface area (Å²) in [5.74, 6) is 0. The van der Waals surface area contributed by atoms with Crippen molar-refractivity contribution in [3.05, 3.63) is 151 Å². The lowest BCUT2D eigenvalue weighted by Gasteiger charge is -2.11. The zero-order valence-corrected chi connectivity index (χ0v) is 26.7. The van der Waals surface area contributed by atoms with Gasteiger partial charge in [-0.15, -0.1) is 22.7 Å². The van der Waals surface area contributed by atoms with E-state index >= 15 is 0 Å². The lowest BCUT2D eigenvalue weighted by molar-refractivity contribution is 1.20. The molecule has 10 rings (SSSR count). The van der Waals surface area contributed by atoms with Gasteiger partial charge in [0.25, 0.3) is 0 Å². The molecule has 0 amide bonds. The molecule has 47 heavy (non-hydrogen) atoms. The number of para-hydroxylation sites is 1. The minimum absolute atomic E-state index is 0.662. The summed E-state index contributed by atoms with van der Waals surface area (Å²) < 4.78 is 7.50. The Bertz CT molecular complexity index is 2920. The quantitative estimate of drug-likeness (QED) is 0.190. The second-order valence-electron chi connectivity index (χ2n) is 12.0. The van der Waals surface area contributed by atoms with Crippen LogP contribution in [0.5, 0.6) is 0 Å². The van der Waals surface area contributed by atoms with Crippen LogP contribution in [0.15, 0.2) is 146 Å². The van der Waals surface area contributed by atoms with Crippen LogP contribution in [0.3, 0.4) is 0 Å². The van der Waals surface area contributed by atoms with E-state index in [-0.39, 0.29) is 0 Å². The molecule has 0 atom stereocenters. The maximum atomic E-state index is 9.85. The topological polar surface area (TPSA) is 28.7 Å². The molecular weight excluding hydrogens is 609 g/mol. The molecular formula is C43H24N2S2. The summed E-state index contributed by atoms with van der Waals surface area (Å²) in [5.41, 5.74) is 8.97. The largest absolute Gasteiger partial charge is 0.308 e. The lowest BCUT2D eigenvalue weighted by Crippen LogP contribution is -1.94. The highest BCUT2D eigenvalue weighted by Crippen LogP contribution is 2.49. The fraction of sp³-hybridized carbons (Fsp3) is 0. The number of rotatable bonds is 3. The van der Waals surface area contributed by atoms with Crippen LogP contribution in [0.1, 0.15) is 5.56 Å². The molecule has 0 bridgehead atoms. The first-order valence-electron chi connectivity index (χ1n) is 15.7. The van der Waals surface area contributed by atoms with Gasteiger partial charge in [0.05, 0.1) is 33.1 Å². The molecule has 0 N–H and O–H groups in total. The number of nitrogens with zero attached hydrogens (tertiary/aromatic N) is 2. The van der Waals surface area contributed by atoms with E-state index in [1.54, 1.807) is 0 Å². The van der Waals surface area contributed by atoms with E-state index in [4.69, 9.17) is 0 Å². The second-order valence-corrected chi connectivity index (χ2v) is 14.1. The van der Waals surface area contributed by atoms with E-state index < -0.39 is 0 Å². The van der Waals surface area contributed by atoms with Crippen molar-refractivity contribution in [1.82, 2.24) is 4.57 Å². The van der Waals surface area contributed by atoms with Crippen LogP contribution in [0.25, 0.3) is 90.1 Å². The zero-order valence-electron chi connectivity index (χ0n) is 25.1. The maximum absolute atomic E-state index is 9.85. The Balaban J connectivity index is 1.36. The molecule has 0 spiro atoms. The van der Waals surface area contributed by atoms with E-state index in [9.17, 15) is 5.26 Å². The summed E-state index contributed by atoms with van der Waals surface area (Å²) in [4.78, 5) is 0. The highest BCUT2D eigenvalue weighted by Gasteiger charge is 2.22. The first-order chi connectivity index (χ1) is 23.3. The Kier molecular flexibility index (Phi) is 5.71. The molecule has 4 heteroatoms. The van der Waals surface area contributed by atoms with Gasteiger partial charge in [0, 0.05) is 46.4 Å². The molecule has 0 fully saturated rings. The van der Waals surface area contributed by atoms with E-state index in [0.29, 0.717) is 5.56 Å². The van der Waals surface area contributed by atoms with Crippen molar-refractivity contribution >= 4 is 84.8 Å². The first kappa shape index (κ1) is 26.5. The number of benzene rings is 7. The summed E-state index contributed by atoms with van der Waals surface area (Å²) in [6.07, 6.45) is 0. The normalized spacial score (nSPS) is 11.8. The third-order valence-corrected chi connectivity index (χ3v) is 11.8. The molecule has 0 saturated heterocycles. The van der Waals surface area contributed by atoms with Crippen LogP contribution in [0, 0.1) is 11.3 Å². The zero-order chi connectivity index (χ0) is 31.1. The summed E-state index contributed by atoms with van der Waals surface area (Å²) >= 11 is 3.74. The minimum Gasteiger partial charge on any atom is -0.308 e. The molecule has 0 aliphatic rings. The molecule has 0 unspecified atom stereocenters. The van der Waals surface area contributed by atoms with Crippen molar-refractivity contribution < 1.29 is 0 Å². The minimum atomic E-state index is 0.662. The summed E-state index contributed by atoms with van der Waals surface area (Å²) in [6, 6.07) is 54.6. The van der Waals surface area contributed by atoms with Crippen LogP contribution in [-0.4, -0.2) is 4.57 Å². The Morgan fingerprint density at radius 1 is 0.468 bits per heavy atom. The molecule has 2 nitrogen and oxygen atoms in total. The van der Waals surface area contributed by atoms with E-state index in [1.165, 1.54) is 68.0 Å². The highest BCUT2D eigenvalue weighted by molar-refractivity contribution is 7.27. The van der Waals surface area contributed by atoms with Gasteiger partial charge in [0.15, 0.2) is 0 Å². The van der Waals surface area contributed by atoms with Crippen LogP contribution in [0.4, 0.5) is 0 Å². The van der Waals surface area contributed by atoms with Crippen LogP contribution < -0.4 is 0 Å². The van der Waals surface area contributed by atoms with Crippen LogP contribution >= 0.6 is 22.7 Å². The molecule has 7 aromatic carbocycles. The second kappa shape index (κ2) is 10.1. The summed E-state index contributed by atoms with van der Waals surface area (Å²) in [6.45, 7) is 0. The average molecular weight is 633 g/mol. The summed E-state index contributed by atoms with van der Waals surface area (Å²) in [5, 5.41) is 17.3. The standard InChI is InChI=1S/C43H24N2S2/c44-25-26-20-21-30-29-12-4-6-16-35(29)45(37(30)24-26)36-17-8-15-34-41-32(23-22-28(43(41)47-42(34)36)27-10-2-1-3-11-27)31-14-9-19-39-40(31)33-13-5-7-18-38(33)46-39/h1-24H. The van der Waals surface area contributed by atoms with E-state index in [2.05, 4.69) is 144 Å². The first-order valence-corrected chi connectivity index (χ1v) is 17.3. The van der Waals surface area contributed by atoms with Gasteiger partial charge in [0.1, 0.15) is 0 Å². The number of nitriles is 1. The lowest BCUT2D eigenvalue weighted by atomic mass is 9.92. The van der Waals surface area contributed by atoms with Gasteiger partial charge in [-0.25, -0.2) is 0 Å². The van der Waals surface area contributed by atoms with Gasteiger partial charge in [0.2, 0.25) is 0 Å². The average Bonchev–Trinajstić information content (AvgIpc) is 3.81. The van der Waals surface area contributed by atoms with Crippen molar-refractivity contribution in [2.45, 2.75) is 0 Å². The van der Waals surface area contributed by atoms with Gasteiger partial charge in [-0.3, -0.25) is 0 Å². The van der Waals surface area contributed by atoms with Gasteiger partial charge >= 0.3 is 0 Å². The Morgan fingerprint density at radius 3 is 2.06 bits per heavy atom. The number of thiophene rings is 2. The fourth-order valence-electron chi connectivity index (χ4n) is 7.43. The highest BCUT2D eigenvalue weighted by atomic mass is 32.1. The predicted molar refractivity (Wildman–Crippen MR) is 202 cm³/mol. The van der Waals surface area contributed by atoms with Gasteiger partial charge < -0.3 is 4.57 Å². The van der Waals surface area contributed by atoms with Crippen molar-refractivity contribution in [3.63, 3.8) is 0 Å². The fourth-order valence-corrected chi connectivity index (χ4v) is 9.93. The van der Waals surface area contributed by atoms with Crippen molar-refractivity contribution in [3.8, 4) is 34.0 Å². The Morgan fingerprint density at radius 2 is 1.17 bits per heavy atom. The van der Waals surface area contributed by atoms with Gasteiger partial charge in [-0.2, -0.15) is 5.26 Å². The Hall–Kier alpha value is -5.73. The number of hydrogen-bond acceptors (Lipinski definition) is 3. The van der Waals surface area contributed by atoms with Crippen molar-refractivity contribution in [1.29, 1.82) is 5.26 Å². The van der Waals surface area contributed by atoms with Crippen molar-refractivity contribution in [2.24, 2.45) is 0 Å². The van der Waals surface area contributed by atoms with E-state index in [1.807, 2.05) is 34.8 Å². The SMILES string of the molecule is N#Cc1ccc2c3ccccc3n(-c3cccc4c3sc3c(-c5ccccc5)ccc(-c5cccc6sc7ccccc7c56)c34)c2c1. The molecule has 0 radical (unpaired) electrons. The maximum Gasteiger partial charge on any atom is 0.0992 e. The van der Waals surface area contributed by atoms with E-state index in [0.717, 1.165) is 22.1 Å². The van der Waals surface area contributed by atoms with Crippen LogP contribution in [0.2, 0.25) is 0 Å². The monoisotopic (exact) mass is 632 g/mol.